The highest BCUT2D eigenvalue weighted by Gasteiger charge is 2.34. The average Bonchev–Trinajstić information content (AvgIpc) is 3.10. The van der Waals surface area contributed by atoms with Gasteiger partial charge in [-0.3, -0.25) is 4.79 Å². The van der Waals surface area contributed by atoms with Gasteiger partial charge in [-0.1, -0.05) is 24.3 Å². The molecule has 0 unspecified atom stereocenters. The van der Waals surface area contributed by atoms with Gasteiger partial charge in [0.2, 0.25) is 5.91 Å². The van der Waals surface area contributed by atoms with Crippen molar-refractivity contribution < 1.29 is 9.59 Å². The Labute approximate surface area is 150 Å². The van der Waals surface area contributed by atoms with Crippen LogP contribution >= 0.6 is 0 Å². The molecular weight excluding hydrogens is 314 g/mol. The van der Waals surface area contributed by atoms with Crippen LogP contribution in [0.25, 0.3) is 0 Å². The van der Waals surface area contributed by atoms with Gasteiger partial charge in [0.05, 0.1) is 0 Å². The van der Waals surface area contributed by atoms with Crippen LogP contribution in [0.15, 0.2) is 24.3 Å². The third-order valence-electron chi connectivity index (χ3n) is 5.63. The lowest BCUT2D eigenvalue weighted by molar-refractivity contribution is -0.135. The van der Waals surface area contributed by atoms with Gasteiger partial charge in [0.15, 0.2) is 0 Å². The number of hydrogen-bond donors (Lipinski definition) is 0. The third-order valence-corrected chi connectivity index (χ3v) is 5.63. The summed E-state index contributed by atoms with van der Waals surface area (Å²) in [6.45, 7) is 5.21. The molecule has 25 heavy (non-hydrogen) atoms. The molecule has 1 atom stereocenters. The number of rotatable bonds is 2. The lowest BCUT2D eigenvalue weighted by atomic mass is 9.94. The van der Waals surface area contributed by atoms with E-state index >= 15 is 0 Å². The molecule has 0 radical (unpaired) electrons. The molecule has 136 valence electrons. The molecule has 2 aliphatic heterocycles. The SMILES string of the molecule is Cc1ccccc1[C@H]1CCN(C(=O)C2CCN(C(=O)N(C)C)CC2)C1. The predicted molar refractivity (Wildman–Crippen MR) is 98.5 cm³/mol. The summed E-state index contributed by atoms with van der Waals surface area (Å²) in [6.07, 6.45) is 2.61. The van der Waals surface area contributed by atoms with Gasteiger partial charge < -0.3 is 14.7 Å². The molecule has 2 fully saturated rings. The molecular formula is C20H29N3O2. The monoisotopic (exact) mass is 343 g/mol. The average molecular weight is 343 g/mol. The van der Waals surface area contributed by atoms with E-state index in [9.17, 15) is 9.59 Å². The van der Waals surface area contributed by atoms with Gasteiger partial charge >= 0.3 is 6.03 Å². The molecule has 5 heteroatoms. The molecule has 1 aromatic carbocycles. The van der Waals surface area contributed by atoms with Gasteiger partial charge in [0.25, 0.3) is 0 Å². The number of piperidine rings is 1. The van der Waals surface area contributed by atoms with Crippen molar-refractivity contribution in [1.82, 2.24) is 14.7 Å². The van der Waals surface area contributed by atoms with Crippen molar-refractivity contribution in [3.05, 3.63) is 35.4 Å². The van der Waals surface area contributed by atoms with Crippen LogP contribution in [-0.2, 0) is 4.79 Å². The number of urea groups is 1. The summed E-state index contributed by atoms with van der Waals surface area (Å²) in [4.78, 5) is 30.4. The quantitative estimate of drug-likeness (QED) is 0.829. The summed E-state index contributed by atoms with van der Waals surface area (Å²) in [5, 5.41) is 0. The number of benzene rings is 1. The molecule has 0 aliphatic carbocycles. The van der Waals surface area contributed by atoms with E-state index < -0.39 is 0 Å². The lowest BCUT2D eigenvalue weighted by Crippen LogP contribution is -2.46. The van der Waals surface area contributed by atoms with Crippen molar-refractivity contribution >= 4 is 11.9 Å². The summed E-state index contributed by atoms with van der Waals surface area (Å²) in [7, 11) is 3.55. The zero-order valence-corrected chi connectivity index (χ0v) is 15.6. The lowest BCUT2D eigenvalue weighted by Gasteiger charge is -2.34. The molecule has 2 saturated heterocycles. The Morgan fingerprint density at radius 3 is 2.28 bits per heavy atom. The van der Waals surface area contributed by atoms with E-state index in [0.29, 0.717) is 19.0 Å². The van der Waals surface area contributed by atoms with Crippen LogP contribution in [0.2, 0.25) is 0 Å². The highest BCUT2D eigenvalue weighted by atomic mass is 16.2. The largest absolute Gasteiger partial charge is 0.342 e. The molecule has 0 aromatic heterocycles. The molecule has 0 saturated carbocycles. The van der Waals surface area contributed by atoms with Gasteiger partial charge in [0, 0.05) is 52.1 Å². The van der Waals surface area contributed by atoms with Crippen LogP contribution in [0.1, 0.15) is 36.3 Å². The van der Waals surface area contributed by atoms with E-state index in [2.05, 4.69) is 31.2 Å². The van der Waals surface area contributed by atoms with E-state index in [4.69, 9.17) is 0 Å². The molecule has 3 rings (SSSR count). The van der Waals surface area contributed by atoms with Crippen LogP contribution in [0, 0.1) is 12.8 Å². The first kappa shape index (κ1) is 17.8. The normalized spacial score (nSPS) is 21.5. The summed E-state index contributed by atoms with van der Waals surface area (Å²) in [5.41, 5.74) is 2.70. The number of amides is 3. The zero-order valence-electron chi connectivity index (χ0n) is 15.6. The maximum atomic E-state index is 12.9. The van der Waals surface area contributed by atoms with Crippen molar-refractivity contribution in [2.75, 3.05) is 40.3 Å². The molecule has 2 heterocycles. The maximum Gasteiger partial charge on any atom is 0.319 e. The minimum Gasteiger partial charge on any atom is -0.342 e. The summed E-state index contributed by atoms with van der Waals surface area (Å²) >= 11 is 0. The predicted octanol–water partition coefficient (Wildman–Crippen LogP) is 2.70. The Hall–Kier alpha value is -2.04. The van der Waals surface area contributed by atoms with Gasteiger partial charge in [-0.15, -0.1) is 0 Å². The number of carbonyl (C=O) groups excluding carboxylic acids is 2. The van der Waals surface area contributed by atoms with Gasteiger partial charge in [-0.05, 0) is 37.3 Å². The first-order chi connectivity index (χ1) is 12.0. The molecule has 0 N–H and O–H groups in total. The highest BCUT2D eigenvalue weighted by molar-refractivity contribution is 5.80. The smallest absolute Gasteiger partial charge is 0.319 e. The Kier molecular flexibility index (Phi) is 5.30. The number of carbonyl (C=O) groups is 2. The van der Waals surface area contributed by atoms with E-state index in [1.807, 2.05) is 9.80 Å². The molecule has 3 amide bonds. The highest BCUT2D eigenvalue weighted by Crippen LogP contribution is 2.31. The number of hydrogen-bond acceptors (Lipinski definition) is 2. The first-order valence-electron chi connectivity index (χ1n) is 9.28. The topological polar surface area (TPSA) is 43.9 Å². The standard InChI is InChI=1S/C20H29N3O2/c1-15-6-4-5-7-18(15)17-10-13-23(14-17)19(24)16-8-11-22(12-9-16)20(25)21(2)3/h4-7,16-17H,8-14H2,1-3H3/t17-/m0/s1. The van der Waals surface area contributed by atoms with Crippen LogP contribution in [0.4, 0.5) is 4.79 Å². The number of nitrogens with zero attached hydrogens (tertiary/aromatic N) is 3. The molecule has 0 bridgehead atoms. The fourth-order valence-electron chi connectivity index (χ4n) is 4.12. The Morgan fingerprint density at radius 2 is 1.64 bits per heavy atom. The summed E-state index contributed by atoms with van der Waals surface area (Å²) in [5.74, 6) is 0.815. The second-order valence-corrected chi connectivity index (χ2v) is 7.56. The van der Waals surface area contributed by atoms with E-state index in [0.717, 1.165) is 32.4 Å². The maximum absolute atomic E-state index is 12.9. The summed E-state index contributed by atoms with van der Waals surface area (Å²) in [6, 6.07) is 8.55. The molecule has 0 spiro atoms. The minimum atomic E-state index is 0.0479. The first-order valence-corrected chi connectivity index (χ1v) is 9.28. The van der Waals surface area contributed by atoms with Crippen molar-refractivity contribution in [2.45, 2.75) is 32.1 Å². The minimum absolute atomic E-state index is 0.0479. The van der Waals surface area contributed by atoms with Crippen LogP contribution in [0.5, 0.6) is 0 Å². The molecule has 5 nitrogen and oxygen atoms in total. The van der Waals surface area contributed by atoms with Crippen LogP contribution in [-0.4, -0.2) is 66.9 Å². The van der Waals surface area contributed by atoms with E-state index in [1.54, 1.807) is 19.0 Å². The van der Waals surface area contributed by atoms with Crippen LogP contribution in [0.3, 0.4) is 0 Å². The van der Waals surface area contributed by atoms with Crippen molar-refractivity contribution in [1.29, 1.82) is 0 Å². The third kappa shape index (κ3) is 3.80. The second-order valence-electron chi connectivity index (χ2n) is 7.56. The van der Waals surface area contributed by atoms with E-state index in [1.165, 1.54) is 11.1 Å². The zero-order chi connectivity index (χ0) is 18.0. The van der Waals surface area contributed by atoms with Gasteiger partial charge in [-0.2, -0.15) is 0 Å². The number of aryl methyl sites for hydroxylation is 1. The van der Waals surface area contributed by atoms with E-state index in [-0.39, 0.29) is 17.9 Å². The van der Waals surface area contributed by atoms with Crippen LogP contribution < -0.4 is 0 Å². The Bertz CT molecular complexity index is 636. The molecule has 1 aromatic rings. The fourth-order valence-corrected chi connectivity index (χ4v) is 4.12. The molecule has 2 aliphatic rings. The second kappa shape index (κ2) is 7.46. The van der Waals surface area contributed by atoms with Crippen molar-refractivity contribution in [2.24, 2.45) is 5.92 Å². The van der Waals surface area contributed by atoms with Gasteiger partial charge in [-0.25, -0.2) is 4.79 Å². The summed E-state index contributed by atoms with van der Waals surface area (Å²) < 4.78 is 0. The van der Waals surface area contributed by atoms with Crippen molar-refractivity contribution in [3.8, 4) is 0 Å². The Balaban J connectivity index is 1.55. The van der Waals surface area contributed by atoms with Gasteiger partial charge in [0.1, 0.15) is 0 Å². The van der Waals surface area contributed by atoms with Crippen molar-refractivity contribution in [3.63, 3.8) is 0 Å². The number of likely N-dealkylation sites (tertiary alicyclic amines) is 2. The Morgan fingerprint density at radius 1 is 1.00 bits per heavy atom. The fraction of sp³-hybridized carbons (Fsp3) is 0.600.